The molecule has 3 heterocycles. The molecular formula is C27H38N6O5S. The summed E-state index contributed by atoms with van der Waals surface area (Å²) >= 11 is 0. The van der Waals surface area contributed by atoms with E-state index in [0.29, 0.717) is 37.4 Å². The van der Waals surface area contributed by atoms with Gasteiger partial charge in [0.15, 0.2) is 5.69 Å². The van der Waals surface area contributed by atoms with Gasteiger partial charge in [0, 0.05) is 42.3 Å². The summed E-state index contributed by atoms with van der Waals surface area (Å²) in [5, 5.41) is 13.5. The predicted octanol–water partition coefficient (Wildman–Crippen LogP) is 3.42. The summed E-state index contributed by atoms with van der Waals surface area (Å²) in [5.41, 5.74) is 2.09. The smallest absolute Gasteiger partial charge is 0.356 e. The van der Waals surface area contributed by atoms with Gasteiger partial charge >= 0.3 is 5.97 Å². The van der Waals surface area contributed by atoms with Crippen molar-refractivity contribution in [1.82, 2.24) is 29.3 Å². The summed E-state index contributed by atoms with van der Waals surface area (Å²) in [4.78, 5) is 35.9. The molecule has 1 fully saturated rings. The van der Waals surface area contributed by atoms with E-state index in [-0.39, 0.29) is 11.6 Å². The fourth-order valence-corrected chi connectivity index (χ4v) is 6.53. The van der Waals surface area contributed by atoms with E-state index in [2.05, 4.69) is 25.0 Å². The van der Waals surface area contributed by atoms with Crippen molar-refractivity contribution in [2.45, 2.75) is 71.4 Å². The summed E-state index contributed by atoms with van der Waals surface area (Å²) in [6, 6.07) is 6.03. The number of carbonyl (C=O) groups excluding carboxylic acids is 1. The van der Waals surface area contributed by atoms with Gasteiger partial charge in [0.2, 0.25) is 5.91 Å². The van der Waals surface area contributed by atoms with Gasteiger partial charge in [-0.15, -0.1) is 0 Å². The number of hydrogen-bond acceptors (Lipinski definition) is 5. The average molecular weight is 559 g/mol. The number of carboxylic acid groups (broad SMARTS) is 1. The van der Waals surface area contributed by atoms with Crippen LogP contribution in [-0.4, -0.2) is 63.8 Å². The largest absolute Gasteiger partial charge is 0.476 e. The van der Waals surface area contributed by atoms with Gasteiger partial charge in [-0.1, -0.05) is 44.9 Å². The van der Waals surface area contributed by atoms with E-state index in [9.17, 15) is 23.1 Å². The topological polar surface area (TPSA) is 160 Å². The average Bonchev–Trinajstić information content (AvgIpc) is 3.34. The third-order valence-electron chi connectivity index (χ3n) is 7.07. The Morgan fingerprint density at radius 1 is 1.13 bits per heavy atom. The number of nitrogens with one attached hydrogen (secondary N) is 4. The van der Waals surface area contributed by atoms with E-state index < -0.39 is 34.2 Å². The summed E-state index contributed by atoms with van der Waals surface area (Å²) in [7, 11) is -3.87. The van der Waals surface area contributed by atoms with Gasteiger partial charge in [0.25, 0.3) is 10.2 Å². The number of carbonyl (C=O) groups is 2. The third-order valence-corrected chi connectivity index (χ3v) is 8.70. The van der Waals surface area contributed by atoms with Crippen LogP contribution in [0, 0.1) is 12.8 Å². The summed E-state index contributed by atoms with van der Waals surface area (Å²) in [6.07, 6.45) is 6.02. The SMILES string of the molecule is Cc1[nH]c([C@@H](Cc2c[nH]c3ccccc23)NC(=O)[C@H](CC(C)C)NS(=O)(=O)N2CCCCCC2)nc1C(=O)O. The lowest BCUT2D eigenvalue weighted by Gasteiger charge is -2.27. The Hall–Kier alpha value is -3.22. The Morgan fingerprint density at radius 3 is 2.46 bits per heavy atom. The quantitative estimate of drug-likeness (QED) is 0.242. The minimum atomic E-state index is -3.87. The van der Waals surface area contributed by atoms with Gasteiger partial charge in [-0.05, 0) is 43.7 Å². The molecule has 0 radical (unpaired) electrons. The molecule has 1 aliphatic heterocycles. The number of imidazole rings is 1. The zero-order valence-corrected chi connectivity index (χ0v) is 23.5. The van der Waals surface area contributed by atoms with Crippen LogP contribution in [0.1, 0.15) is 79.6 Å². The van der Waals surface area contributed by atoms with E-state index in [1.54, 1.807) is 6.92 Å². The first-order valence-electron chi connectivity index (χ1n) is 13.5. The Labute approximate surface area is 229 Å². The lowest BCUT2D eigenvalue weighted by Crippen LogP contribution is -2.52. The molecule has 212 valence electrons. The number of para-hydroxylation sites is 1. The summed E-state index contributed by atoms with van der Waals surface area (Å²) < 4.78 is 30.6. The number of nitrogens with zero attached hydrogens (tertiary/aromatic N) is 2. The highest BCUT2D eigenvalue weighted by Gasteiger charge is 2.32. The van der Waals surface area contributed by atoms with Gasteiger partial charge in [-0.2, -0.15) is 17.4 Å². The molecule has 0 spiro atoms. The molecule has 0 unspecified atom stereocenters. The molecule has 1 amide bonds. The molecule has 1 saturated heterocycles. The van der Waals surface area contributed by atoms with Gasteiger partial charge < -0.3 is 20.4 Å². The molecule has 11 nitrogen and oxygen atoms in total. The van der Waals surface area contributed by atoms with E-state index in [4.69, 9.17) is 0 Å². The van der Waals surface area contributed by atoms with E-state index in [1.165, 1.54) is 4.31 Å². The van der Waals surface area contributed by atoms with Gasteiger partial charge in [0.1, 0.15) is 11.9 Å². The predicted molar refractivity (Wildman–Crippen MR) is 149 cm³/mol. The highest BCUT2D eigenvalue weighted by Crippen LogP contribution is 2.25. The monoisotopic (exact) mass is 558 g/mol. The number of hydrogen-bond donors (Lipinski definition) is 5. The minimum absolute atomic E-state index is 0.0455. The lowest BCUT2D eigenvalue weighted by atomic mass is 10.0. The maximum atomic E-state index is 13.7. The zero-order valence-electron chi connectivity index (χ0n) is 22.7. The van der Waals surface area contributed by atoms with Crippen LogP contribution in [0.4, 0.5) is 0 Å². The van der Waals surface area contributed by atoms with Crippen molar-refractivity contribution in [3.05, 3.63) is 53.2 Å². The number of aryl methyl sites for hydroxylation is 1. The van der Waals surface area contributed by atoms with Crippen LogP contribution in [-0.2, 0) is 21.4 Å². The molecule has 4 rings (SSSR count). The first-order valence-corrected chi connectivity index (χ1v) is 14.9. The van der Waals surface area contributed by atoms with Crippen LogP contribution in [0.5, 0.6) is 0 Å². The fraction of sp³-hybridized carbons (Fsp3) is 0.519. The van der Waals surface area contributed by atoms with Crippen molar-refractivity contribution in [3.63, 3.8) is 0 Å². The molecular weight excluding hydrogens is 520 g/mol. The Balaban J connectivity index is 1.62. The highest BCUT2D eigenvalue weighted by atomic mass is 32.2. The maximum Gasteiger partial charge on any atom is 0.356 e. The van der Waals surface area contributed by atoms with Crippen molar-refractivity contribution < 1.29 is 23.1 Å². The first kappa shape index (κ1) is 28.8. The molecule has 2 aromatic heterocycles. The van der Waals surface area contributed by atoms with Crippen LogP contribution < -0.4 is 10.0 Å². The summed E-state index contributed by atoms with van der Waals surface area (Å²) in [6.45, 7) is 6.33. The van der Waals surface area contributed by atoms with Gasteiger partial charge in [0.05, 0.1) is 6.04 Å². The number of aromatic carboxylic acids is 1. The lowest BCUT2D eigenvalue weighted by molar-refractivity contribution is -0.124. The molecule has 1 aromatic carbocycles. The second-order valence-electron chi connectivity index (χ2n) is 10.6. The normalized spacial score (nSPS) is 16.7. The van der Waals surface area contributed by atoms with Crippen LogP contribution in [0.15, 0.2) is 30.5 Å². The highest BCUT2D eigenvalue weighted by molar-refractivity contribution is 7.87. The van der Waals surface area contributed by atoms with Crippen molar-refractivity contribution >= 4 is 33.0 Å². The molecule has 1 aliphatic rings. The number of benzene rings is 1. The molecule has 0 saturated carbocycles. The van der Waals surface area contributed by atoms with Gasteiger partial charge in [-0.25, -0.2) is 9.78 Å². The second kappa shape index (κ2) is 12.3. The van der Waals surface area contributed by atoms with Gasteiger partial charge in [-0.3, -0.25) is 4.79 Å². The Morgan fingerprint density at radius 2 is 1.82 bits per heavy atom. The summed E-state index contributed by atoms with van der Waals surface area (Å²) in [5.74, 6) is -1.32. The first-order chi connectivity index (χ1) is 18.5. The number of carboxylic acids is 1. The van der Waals surface area contributed by atoms with Crippen LogP contribution in [0.2, 0.25) is 0 Å². The third kappa shape index (κ3) is 7.06. The number of fused-ring (bicyclic) bond motifs is 1. The van der Waals surface area contributed by atoms with Crippen molar-refractivity contribution in [2.75, 3.05) is 13.1 Å². The number of amides is 1. The van der Waals surface area contributed by atoms with E-state index >= 15 is 0 Å². The van der Waals surface area contributed by atoms with E-state index in [0.717, 1.165) is 42.1 Å². The standard InChI is InChI=1S/C27H38N6O5S/c1-17(2)14-23(32-39(37,38)33-12-8-4-5-9-13-33)26(34)30-22(25-29-18(3)24(31-25)27(35)36)15-19-16-28-21-11-7-6-10-20(19)21/h6-7,10-11,16-17,22-23,28,32H,4-5,8-9,12-15H2,1-3H3,(H,29,31)(H,30,34)(H,35,36)/t22-,23+/m1/s1. The Bertz CT molecular complexity index is 1400. The number of aromatic amines is 2. The number of aromatic nitrogens is 3. The van der Waals surface area contributed by atoms with E-state index in [1.807, 2.05) is 44.3 Å². The number of rotatable bonds is 11. The molecule has 39 heavy (non-hydrogen) atoms. The molecule has 12 heteroatoms. The second-order valence-corrected chi connectivity index (χ2v) is 12.3. The minimum Gasteiger partial charge on any atom is -0.476 e. The van der Waals surface area contributed by atoms with Crippen molar-refractivity contribution in [3.8, 4) is 0 Å². The van der Waals surface area contributed by atoms with Crippen molar-refractivity contribution in [1.29, 1.82) is 0 Å². The van der Waals surface area contributed by atoms with Crippen LogP contribution in [0.3, 0.4) is 0 Å². The van der Waals surface area contributed by atoms with Crippen LogP contribution in [0.25, 0.3) is 10.9 Å². The Kier molecular flexibility index (Phi) is 9.08. The molecule has 0 bridgehead atoms. The molecule has 3 aromatic rings. The number of H-pyrrole nitrogens is 2. The van der Waals surface area contributed by atoms with Crippen LogP contribution >= 0.6 is 0 Å². The molecule has 0 aliphatic carbocycles. The maximum absolute atomic E-state index is 13.7. The fourth-order valence-electron chi connectivity index (χ4n) is 5.08. The molecule has 5 N–H and O–H groups in total. The zero-order chi connectivity index (χ0) is 28.2. The molecule has 2 atom stereocenters. The van der Waals surface area contributed by atoms with Crippen molar-refractivity contribution in [2.24, 2.45) is 5.92 Å².